The molecule has 0 spiro atoms. The zero-order valence-electron chi connectivity index (χ0n) is 15.4. The van der Waals surface area contributed by atoms with Crippen molar-refractivity contribution >= 4 is 23.2 Å². The Labute approximate surface area is 164 Å². The summed E-state index contributed by atoms with van der Waals surface area (Å²) >= 11 is 0. The molecule has 0 radical (unpaired) electrons. The van der Waals surface area contributed by atoms with Crippen LogP contribution >= 0.6 is 0 Å². The van der Waals surface area contributed by atoms with Crippen LogP contribution in [0.15, 0.2) is 48.8 Å². The maximum atomic E-state index is 12.3. The summed E-state index contributed by atoms with van der Waals surface area (Å²) in [5, 5.41) is 22.0. The zero-order chi connectivity index (χ0) is 21.0. The van der Waals surface area contributed by atoms with Crippen molar-refractivity contribution in [2.24, 2.45) is 0 Å². The molecule has 1 aromatic heterocycles. The first-order valence-electron chi connectivity index (χ1n) is 8.26. The van der Waals surface area contributed by atoms with Gasteiger partial charge in [0.15, 0.2) is 0 Å². The van der Waals surface area contributed by atoms with Gasteiger partial charge in [-0.15, -0.1) is 5.10 Å². The molecule has 148 valence electrons. The van der Waals surface area contributed by atoms with Crippen molar-refractivity contribution in [1.82, 2.24) is 31.1 Å². The molecule has 0 bridgehead atoms. The number of aromatic nitrogens is 4. The molecule has 0 aliphatic heterocycles. The summed E-state index contributed by atoms with van der Waals surface area (Å²) in [6.45, 7) is 0. The standard InChI is InChI=1S/C17H16N8O4/c1-23(2)14-8-5-12(9-15(14)25(28)29)17(27)20-19-16(26)11-3-6-13(7-4-11)24-10-18-21-22-24/h3-10H,1-2H3,(H,19,26)(H,20,27). The number of benzene rings is 2. The molecule has 29 heavy (non-hydrogen) atoms. The number of carbonyl (C=O) groups excluding carboxylic acids is 2. The fourth-order valence-corrected chi connectivity index (χ4v) is 2.49. The van der Waals surface area contributed by atoms with Gasteiger partial charge in [-0.3, -0.25) is 30.6 Å². The van der Waals surface area contributed by atoms with E-state index in [1.54, 1.807) is 31.1 Å². The average molecular weight is 396 g/mol. The first kappa shape index (κ1) is 19.4. The van der Waals surface area contributed by atoms with Gasteiger partial charge in [0.25, 0.3) is 17.5 Å². The number of amides is 2. The molecular weight excluding hydrogens is 380 g/mol. The highest BCUT2D eigenvalue weighted by molar-refractivity contribution is 5.99. The highest BCUT2D eigenvalue weighted by Gasteiger charge is 2.19. The summed E-state index contributed by atoms with van der Waals surface area (Å²) in [6, 6.07) is 10.4. The van der Waals surface area contributed by atoms with Gasteiger partial charge in [0.1, 0.15) is 12.0 Å². The molecule has 0 atom stereocenters. The lowest BCUT2D eigenvalue weighted by atomic mass is 10.1. The Morgan fingerprint density at radius 2 is 1.66 bits per heavy atom. The van der Waals surface area contributed by atoms with Crippen LogP contribution < -0.4 is 15.8 Å². The number of nitrogens with one attached hydrogen (secondary N) is 2. The molecule has 12 heteroatoms. The Balaban J connectivity index is 1.66. The van der Waals surface area contributed by atoms with Crippen LogP contribution in [0.4, 0.5) is 11.4 Å². The van der Waals surface area contributed by atoms with Gasteiger partial charge in [-0.1, -0.05) is 0 Å². The quantitative estimate of drug-likeness (QED) is 0.473. The monoisotopic (exact) mass is 396 g/mol. The molecule has 0 aliphatic carbocycles. The fourth-order valence-electron chi connectivity index (χ4n) is 2.49. The maximum Gasteiger partial charge on any atom is 0.293 e. The van der Waals surface area contributed by atoms with Crippen molar-refractivity contribution in [2.45, 2.75) is 0 Å². The molecule has 12 nitrogen and oxygen atoms in total. The maximum absolute atomic E-state index is 12.3. The number of hydrazine groups is 1. The minimum Gasteiger partial charge on any atom is -0.372 e. The number of nitro benzene ring substituents is 1. The molecule has 0 fully saturated rings. The predicted octanol–water partition coefficient (Wildman–Crippen LogP) is 0.711. The second kappa shape index (κ2) is 8.12. The van der Waals surface area contributed by atoms with Crippen LogP contribution in [-0.4, -0.2) is 51.0 Å². The van der Waals surface area contributed by atoms with Crippen molar-refractivity contribution in [3.63, 3.8) is 0 Å². The van der Waals surface area contributed by atoms with Crippen molar-refractivity contribution in [1.29, 1.82) is 0 Å². The van der Waals surface area contributed by atoms with Gasteiger partial charge < -0.3 is 4.90 Å². The largest absolute Gasteiger partial charge is 0.372 e. The molecule has 0 unspecified atom stereocenters. The smallest absolute Gasteiger partial charge is 0.293 e. The Kier molecular flexibility index (Phi) is 5.44. The Morgan fingerprint density at radius 3 is 2.21 bits per heavy atom. The first-order chi connectivity index (χ1) is 13.9. The second-order valence-corrected chi connectivity index (χ2v) is 6.06. The van der Waals surface area contributed by atoms with E-state index in [9.17, 15) is 19.7 Å². The Morgan fingerprint density at radius 1 is 1.03 bits per heavy atom. The van der Waals surface area contributed by atoms with Crippen LogP contribution in [0.25, 0.3) is 5.69 Å². The molecular formula is C17H16N8O4. The topological polar surface area (TPSA) is 148 Å². The minimum atomic E-state index is -0.683. The number of tetrazole rings is 1. The SMILES string of the molecule is CN(C)c1ccc(C(=O)NNC(=O)c2ccc(-n3cnnn3)cc2)cc1[N+](=O)[O-]. The van der Waals surface area contributed by atoms with E-state index in [0.29, 0.717) is 11.4 Å². The van der Waals surface area contributed by atoms with Crippen LogP contribution in [0.5, 0.6) is 0 Å². The first-order valence-corrected chi connectivity index (χ1v) is 8.26. The lowest BCUT2D eigenvalue weighted by Gasteiger charge is -2.13. The van der Waals surface area contributed by atoms with Crippen LogP contribution in [0, 0.1) is 10.1 Å². The van der Waals surface area contributed by atoms with Gasteiger partial charge in [0.2, 0.25) is 0 Å². The van der Waals surface area contributed by atoms with E-state index < -0.39 is 16.7 Å². The lowest BCUT2D eigenvalue weighted by Crippen LogP contribution is -2.41. The Bertz CT molecular complexity index is 1050. The van der Waals surface area contributed by atoms with Crippen molar-refractivity contribution < 1.29 is 14.5 Å². The van der Waals surface area contributed by atoms with Gasteiger partial charge in [-0.25, -0.2) is 4.68 Å². The second-order valence-electron chi connectivity index (χ2n) is 6.06. The van der Waals surface area contributed by atoms with Gasteiger partial charge in [0, 0.05) is 31.3 Å². The number of carbonyl (C=O) groups is 2. The number of hydrogen-bond donors (Lipinski definition) is 2. The highest BCUT2D eigenvalue weighted by atomic mass is 16.6. The molecule has 3 aromatic rings. The summed E-state index contributed by atoms with van der Waals surface area (Å²) in [7, 11) is 3.32. The average Bonchev–Trinajstić information content (AvgIpc) is 3.26. The van der Waals surface area contributed by atoms with Gasteiger partial charge in [-0.2, -0.15) is 0 Å². The van der Waals surface area contributed by atoms with E-state index in [4.69, 9.17) is 0 Å². The van der Waals surface area contributed by atoms with E-state index in [2.05, 4.69) is 26.4 Å². The molecule has 0 saturated heterocycles. The summed E-state index contributed by atoms with van der Waals surface area (Å²) < 4.78 is 1.42. The van der Waals surface area contributed by atoms with Gasteiger partial charge in [0.05, 0.1) is 10.6 Å². The number of hydrogen-bond acceptors (Lipinski definition) is 8. The molecule has 0 saturated carbocycles. The number of rotatable bonds is 5. The van der Waals surface area contributed by atoms with Gasteiger partial charge >= 0.3 is 0 Å². The highest BCUT2D eigenvalue weighted by Crippen LogP contribution is 2.27. The molecule has 2 aromatic carbocycles. The van der Waals surface area contributed by atoms with Gasteiger partial charge in [-0.05, 0) is 46.8 Å². The normalized spacial score (nSPS) is 10.3. The van der Waals surface area contributed by atoms with Crippen LogP contribution in [0.2, 0.25) is 0 Å². The third-order valence-corrected chi connectivity index (χ3v) is 3.95. The van der Waals surface area contributed by atoms with Crippen molar-refractivity contribution in [2.75, 3.05) is 19.0 Å². The van der Waals surface area contributed by atoms with E-state index in [1.165, 1.54) is 35.3 Å². The zero-order valence-corrected chi connectivity index (χ0v) is 15.4. The van der Waals surface area contributed by atoms with Crippen molar-refractivity contribution in [3.05, 3.63) is 70.0 Å². The fraction of sp³-hybridized carbons (Fsp3) is 0.118. The molecule has 0 aliphatic rings. The summed E-state index contributed by atoms with van der Waals surface area (Å²) in [6.07, 6.45) is 1.41. The summed E-state index contributed by atoms with van der Waals surface area (Å²) in [5.74, 6) is -1.24. The van der Waals surface area contributed by atoms with Crippen molar-refractivity contribution in [3.8, 4) is 5.69 Å². The lowest BCUT2D eigenvalue weighted by molar-refractivity contribution is -0.384. The molecule has 3 rings (SSSR count). The Hall–Kier alpha value is -4.35. The third-order valence-electron chi connectivity index (χ3n) is 3.95. The third kappa shape index (κ3) is 4.32. The molecule has 2 N–H and O–H groups in total. The van der Waals surface area contributed by atoms with E-state index >= 15 is 0 Å². The summed E-state index contributed by atoms with van der Waals surface area (Å²) in [5.41, 5.74) is 5.64. The van der Waals surface area contributed by atoms with E-state index in [-0.39, 0.29) is 16.8 Å². The minimum absolute atomic E-state index is 0.0385. The number of nitro groups is 1. The number of nitrogens with zero attached hydrogens (tertiary/aromatic N) is 6. The molecule has 1 heterocycles. The van der Waals surface area contributed by atoms with Crippen LogP contribution in [0.1, 0.15) is 20.7 Å². The van der Waals surface area contributed by atoms with Crippen LogP contribution in [0.3, 0.4) is 0 Å². The number of anilines is 1. The van der Waals surface area contributed by atoms with E-state index in [0.717, 1.165) is 6.07 Å². The summed E-state index contributed by atoms with van der Waals surface area (Å²) in [4.78, 5) is 36.7. The predicted molar refractivity (Wildman–Crippen MR) is 102 cm³/mol. The van der Waals surface area contributed by atoms with Crippen LogP contribution in [-0.2, 0) is 0 Å². The molecule has 2 amide bonds. The van der Waals surface area contributed by atoms with E-state index in [1.807, 2.05) is 0 Å².